The van der Waals surface area contributed by atoms with Gasteiger partial charge in [0.05, 0.1) is 0 Å². The highest BCUT2D eigenvalue weighted by Gasteiger charge is 2.33. The second kappa shape index (κ2) is 6.09. The fourth-order valence-electron chi connectivity index (χ4n) is 3.65. The van der Waals surface area contributed by atoms with Gasteiger partial charge in [0.15, 0.2) is 0 Å². The Balaban J connectivity index is 1.67. The monoisotopic (exact) mass is 257 g/mol. The van der Waals surface area contributed by atoms with Gasteiger partial charge >= 0.3 is 0 Å². The van der Waals surface area contributed by atoms with Gasteiger partial charge in [-0.25, -0.2) is 0 Å². The minimum absolute atomic E-state index is 0.592. The van der Waals surface area contributed by atoms with Gasteiger partial charge in [-0.1, -0.05) is 56.5 Å². The van der Waals surface area contributed by atoms with E-state index in [4.69, 9.17) is 0 Å². The Morgan fingerprint density at radius 2 is 1.79 bits per heavy atom. The first-order valence-electron chi connectivity index (χ1n) is 8.13. The Kier molecular flexibility index (Phi) is 4.22. The lowest BCUT2D eigenvalue weighted by Gasteiger charge is -2.31. The van der Waals surface area contributed by atoms with E-state index < -0.39 is 0 Å². The third kappa shape index (κ3) is 3.39. The lowest BCUT2D eigenvalue weighted by atomic mass is 9.81. The molecule has 1 aromatic rings. The molecule has 2 aliphatic carbocycles. The summed E-state index contributed by atoms with van der Waals surface area (Å²) >= 11 is 0. The SMILES string of the molecule is CC1CC1CNC(c1ccccc1)C1CCCCC1. The summed E-state index contributed by atoms with van der Waals surface area (Å²) < 4.78 is 0. The third-order valence-corrected chi connectivity index (χ3v) is 5.16. The maximum Gasteiger partial charge on any atom is 0.0348 e. The standard InChI is InChI=1S/C18H27N/c1-14-12-17(14)13-19-18(15-8-4-2-5-9-15)16-10-6-3-7-11-16/h2,4-5,8-9,14,16-19H,3,6-7,10-13H2,1H3. The van der Waals surface area contributed by atoms with Crippen LogP contribution in [0.25, 0.3) is 0 Å². The predicted molar refractivity (Wildman–Crippen MR) is 81.0 cm³/mol. The van der Waals surface area contributed by atoms with E-state index in [0.29, 0.717) is 6.04 Å². The molecule has 0 aromatic heterocycles. The van der Waals surface area contributed by atoms with Gasteiger partial charge in [0.1, 0.15) is 0 Å². The molecule has 2 fully saturated rings. The van der Waals surface area contributed by atoms with Gasteiger partial charge in [-0.3, -0.25) is 0 Å². The summed E-state index contributed by atoms with van der Waals surface area (Å²) in [6.07, 6.45) is 8.54. The minimum Gasteiger partial charge on any atom is -0.309 e. The van der Waals surface area contributed by atoms with Crippen LogP contribution in [0.1, 0.15) is 57.1 Å². The Bertz CT molecular complexity index is 380. The molecule has 19 heavy (non-hydrogen) atoms. The molecular formula is C18H27N. The molecule has 0 spiro atoms. The second-order valence-electron chi connectivity index (χ2n) is 6.67. The Hall–Kier alpha value is -0.820. The predicted octanol–water partition coefficient (Wildman–Crippen LogP) is 4.55. The number of hydrogen-bond acceptors (Lipinski definition) is 1. The van der Waals surface area contributed by atoms with E-state index in [-0.39, 0.29) is 0 Å². The fraction of sp³-hybridized carbons (Fsp3) is 0.667. The Labute approximate surface area is 117 Å². The molecule has 104 valence electrons. The number of rotatable bonds is 5. The van der Waals surface area contributed by atoms with Crippen molar-refractivity contribution in [1.29, 1.82) is 0 Å². The summed E-state index contributed by atoms with van der Waals surface area (Å²) in [6, 6.07) is 11.7. The van der Waals surface area contributed by atoms with Gasteiger partial charge < -0.3 is 5.32 Å². The van der Waals surface area contributed by atoms with Crippen LogP contribution in [-0.4, -0.2) is 6.54 Å². The van der Waals surface area contributed by atoms with E-state index in [2.05, 4.69) is 42.6 Å². The van der Waals surface area contributed by atoms with E-state index in [1.165, 1.54) is 50.6 Å². The van der Waals surface area contributed by atoms with Crippen LogP contribution in [0.3, 0.4) is 0 Å². The molecule has 2 aliphatic rings. The summed E-state index contributed by atoms with van der Waals surface area (Å²) in [7, 11) is 0. The molecule has 0 aliphatic heterocycles. The summed E-state index contributed by atoms with van der Waals surface area (Å²) in [4.78, 5) is 0. The van der Waals surface area contributed by atoms with Crippen molar-refractivity contribution in [2.45, 2.75) is 51.5 Å². The summed E-state index contributed by atoms with van der Waals surface area (Å²) in [5.41, 5.74) is 1.50. The lowest BCUT2D eigenvalue weighted by molar-refractivity contribution is 0.269. The quantitative estimate of drug-likeness (QED) is 0.815. The normalized spacial score (nSPS) is 29.1. The van der Waals surface area contributed by atoms with Gasteiger partial charge in [0.2, 0.25) is 0 Å². The first-order valence-corrected chi connectivity index (χ1v) is 8.13. The molecule has 1 nitrogen and oxygen atoms in total. The highest BCUT2D eigenvalue weighted by Crippen LogP contribution is 2.39. The zero-order chi connectivity index (χ0) is 13.1. The van der Waals surface area contributed by atoms with Crippen molar-refractivity contribution in [2.75, 3.05) is 6.54 Å². The first-order chi connectivity index (χ1) is 9.34. The topological polar surface area (TPSA) is 12.0 Å². The van der Waals surface area contributed by atoms with Gasteiger partial charge in [-0.2, -0.15) is 0 Å². The number of benzene rings is 1. The molecule has 0 heterocycles. The van der Waals surface area contributed by atoms with Crippen LogP contribution < -0.4 is 5.32 Å². The molecule has 0 amide bonds. The molecule has 0 bridgehead atoms. The minimum atomic E-state index is 0.592. The summed E-state index contributed by atoms with van der Waals surface area (Å²) in [6.45, 7) is 3.60. The highest BCUT2D eigenvalue weighted by atomic mass is 14.9. The Morgan fingerprint density at radius 3 is 2.42 bits per heavy atom. The van der Waals surface area contributed by atoms with Crippen LogP contribution in [0.15, 0.2) is 30.3 Å². The molecule has 1 N–H and O–H groups in total. The van der Waals surface area contributed by atoms with Crippen molar-refractivity contribution in [3.8, 4) is 0 Å². The van der Waals surface area contributed by atoms with Gasteiger partial charge in [0, 0.05) is 6.04 Å². The zero-order valence-electron chi connectivity index (χ0n) is 12.1. The fourth-order valence-corrected chi connectivity index (χ4v) is 3.65. The van der Waals surface area contributed by atoms with Crippen LogP contribution in [0.2, 0.25) is 0 Å². The second-order valence-corrected chi connectivity index (χ2v) is 6.67. The maximum absolute atomic E-state index is 3.90. The molecular weight excluding hydrogens is 230 g/mol. The lowest BCUT2D eigenvalue weighted by Crippen LogP contribution is -2.31. The summed E-state index contributed by atoms with van der Waals surface area (Å²) in [5.74, 6) is 2.75. The molecule has 3 rings (SSSR count). The average Bonchev–Trinajstić information content (AvgIpc) is 3.17. The van der Waals surface area contributed by atoms with Crippen LogP contribution in [-0.2, 0) is 0 Å². The smallest absolute Gasteiger partial charge is 0.0348 e. The Morgan fingerprint density at radius 1 is 1.11 bits per heavy atom. The van der Waals surface area contributed by atoms with Crippen molar-refractivity contribution < 1.29 is 0 Å². The molecule has 0 saturated heterocycles. The van der Waals surface area contributed by atoms with Crippen LogP contribution in [0.4, 0.5) is 0 Å². The van der Waals surface area contributed by atoms with E-state index in [1.807, 2.05) is 0 Å². The van der Waals surface area contributed by atoms with Crippen LogP contribution >= 0.6 is 0 Å². The van der Waals surface area contributed by atoms with Crippen molar-refractivity contribution in [1.82, 2.24) is 5.32 Å². The van der Waals surface area contributed by atoms with E-state index in [0.717, 1.165) is 17.8 Å². The largest absolute Gasteiger partial charge is 0.309 e. The average molecular weight is 257 g/mol. The van der Waals surface area contributed by atoms with Gasteiger partial charge in [-0.05, 0) is 49.1 Å². The number of hydrogen-bond donors (Lipinski definition) is 1. The molecule has 1 heteroatoms. The molecule has 3 atom stereocenters. The van der Waals surface area contributed by atoms with Crippen molar-refractivity contribution in [2.24, 2.45) is 17.8 Å². The zero-order valence-corrected chi connectivity index (χ0v) is 12.1. The number of nitrogens with one attached hydrogen (secondary N) is 1. The first kappa shape index (κ1) is 13.2. The molecule has 2 saturated carbocycles. The van der Waals surface area contributed by atoms with E-state index >= 15 is 0 Å². The van der Waals surface area contributed by atoms with Crippen molar-refractivity contribution in [3.63, 3.8) is 0 Å². The molecule has 3 unspecified atom stereocenters. The van der Waals surface area contributed by atoms with Gasteiger partial charge in [-0.15, -0.1) is 0 Å². The van der Waals surface area contributed by atoms with Crippen LogP contribution in [0, 0.1) is 17.8 Å². The van der Waals surface area contributed by atoms with Crippen molar-refractivity contribution >= 4 is 0 Å². The molecule has 0 radical (unpaired) electrons. The van der Waals surface area contributed by atoms with Gasteiger partial charge in [0.25, 0.3) is 0 Å². The maximum atomic E-state index is 3.90. The van der Waals surface area contributed by atoms with E-state index in [1.54, 1.807) is 0 Å². The van der Waals surface area contributed by atoms with E-state index in [9.17, 15) is 0 Å². The summed E-state index contributed by atoms with van der Waals surface area (Å²) in [5, 5.41) is 3.90. The highest BCUT2D eigenvalue weighted by molar-refractivity contribution is 5.20. The van der Waals surface area contributed by atoms with Crippen LogP contribution in [0.5, 0.6) is 0 Å². The molecule has 1 aromatic carbocycles. The van der Waals surface area contributed by atoms with Crippen molar-refractivity contribution in [3.05, 3.63) is 35.9 Å². The third-order valence-electron chi connectivity index (χ3n) is 5.16.